The monoisotopic (exact) mass is 375 g/mol. The normalized spacial score (nSPS) is 17.1. The Labute approximate surface area is 154 Å². The van der Waals surface area contributed by atoms with Crippen LogP contribution in [0.2, 0.25) is 0 Å². The van der Waals surface area contributed by atoms with Gasteiger partial charge in [0.15, 0.2) is 0 Å². The van der Waals surface area contributed by atoms with Crippen LogP contribution in [-0.2, 0) is 4.79 Å². The summed E-state index contributed by atoms with van der Waals surface area (Å²) in [4.78, 5) is 26.0. The molecule has 0 spiro atoms. The summed E-state index contributed by atoms with van der Waals surface area (Å²) in [6.07, 6.45) is 0. The van der Waals surface area contributed by atoms with Crippen molar-refractivity contribution in [3.05, 3.63) is 65.2 Å². The van der Waals surface area contributed by atoms with E-state index < -0.39 is 36.2 Å². The third-order valence-electron chi connectivity index (χ3n) is 4.55. The summed E-state index contributed by atoms with van der Waals surface area (Å²) in [6, 6.07) is 8.36. The number of para-hydroxylation sites is 1. The van der Waals surface area contributed by atoms with Crippen LogP contribution in [0.5, 0.6) is 0 Å². The maximum Gasteiger partial charge on any atom is 0.322 e. The Kier molecular flexibility index (Phi) is 5.36. The highest BCUT2D eigenvalue weighted by Crippen LogP contribution is 2.32. The first-order valence-electron chi connectivity index (χ1n) is 8.42. The molecule has 1 aliphatic heterocycles. The first kappa shape index (κ1) is 18.8. The Balaban J connectivity index is 1.72. The number of aliphatic hydroxyl groups excluding tert-OH is 1. The van der Waals surface area contributed by atoms with Gasteiger partial charge in [-0.1, -0.05) is 24.3 Å². The van der Waals surface area contributed by atoms with E-state index in [0.717, 1.165) is 17.7 Å². The van der Waals surface area contributed by atoms with Crippen molar-refractivity contribution in [1.29, 1.82) is 0 Å². The summed E-state index contributed by atoms with van der Waals surface area (Å²) >= 11 is 0. The standard InChI is InChI=1S/C19H19F2N3O3/c1-11-13-4-2-3-5-16(13)23-19(27)24(11)9-18(26)22-17(10-25)14-7-6-12(20)8-15(14)21/h2-8,11,17,25H,9-10H2,1H3,(H,22,26)(H,23,27)/t11?,17-/m0/s1. The van der Waals surface area contributed by atoms with Crippen LogP contribution in [0.15, 0.2) is 42.5 Å². The Hall–Kier alpha value is -3.00. The number of nitrogens with zero attached hydrogens (tertiary/aromatic N) is 1. The number of amides is 3. The van der Waals surface area contributed by atoms with Gasteiger partial charge in [-0.15, -0.1) is 0 Å². The maximum absolute atomic E-state index is 13.9. The quantitative estimate of drug-likeness (QED) is 0.752. The number of carbonyl (C=O) groups is 2. The summed E-state index contributed by atoms with van der Waals surface area (Å²) in [5.41, 5.74) is 1.52. The second kappa shape index (κ2) is 7.71. The topological polar surface area (TPSA) is 81.7 Å². The second-order valence-corrected chi connectivity index (χ2v) is 6.29. The Morgan fingerprint density at radius 1 is 1.30 bits per heavy atom. The molecule has 3 rings (SSSR count). The number of hydrogen-bond acceptors (Lipinski definition) is 3. The predicted octanol–water partition coefficient (Wildman–Crippen LogP) is 2.72. The molecule has 0 bridgehead atoms. The lowest BCUT2D eigenvalue weighted by atomic mass is 10.0. The lowest BCUT2D eigenvalue weighted by Gasteiger charge is -2.35. The van der Waals surface area contributed by atoms with Gasteiger partial charge >= 0.3 is 6.03 Å². The van der Waals surface area contributed by atoms with Gasteiger partial charge in [-0.25, -0.2) is 13.6 Å². The molecule has 0 saturated heterocycles. The van der Waals surface area contributed by atoms with E-state index in [1.54, 1.807) is 19.1 Å². The first-order valence-corrected chi connectivity index (χ1v) is 8.42. The van der Waals surface area contributed by atoms with E-state index >= 15 is 0 Å². The van der Waals surface area contributed by atoms with E-state index in [1.807, 2.05) is 12.1 Å². The highest BCUT2D eigenvalue weighted by atomic mass is 19.1. The highest BCUT2D eigenvalue weighted by Gasteiger charge is 2.31. The van der Waals surface area contributed by atoms with Gasteiger partial charge in [-0.2, -0.15) is 0 Å². The molecule has 1 aliphatic rings. The SMILES string of the molecule is CC1c2ccccc2NC(=O)N1CC(=O)N[C@@H](CO)c1ccc(F)cc1F. The van der Waals surface area contributed by atoms with Crippen LogP contribution < -0.4 is 10.6 Å². The van der Waals surface area contributed by atoms with Crippen LogP contribution in [0.25, 0.3) is 0 Å². The molecule has 27 heavy (non-hydrogen) atoms. The molecular weight excluding hydrogens is 356 g/mol. The maximum atomic E-state index is 13.9. The third kappa shape index (κ3) is 3.90. The zero-order valence-corrected chi connectivity index (χ0v) is 14.6. The Morgan fingerprint density at radius 3 is 2.74 bits per heavy atom. The van der Waals surface area contributed by atoms with Crippen molar-refractivity contribution in [3.63, 3.8) is 0 Å². The highest BCUT2D eigenvalue weighted by molar-refractivity contribution is 5.95. The fourth-order valence-electron chi connectivity index (χ4n) is 3.12. The number of aliphatic hydroxyl groups is 1. The number of nitrogens with one attached hydrogen (secondary N) is 2. The molecule has 0 aliphatic carbocycles. The molecule has 2 aromatic rings. The van der Waals surface area contributed by atoms with Gasteiger partial charge in [0.2, 0.25) is 5.91 Å². The number of anilines is 1. The van der Waals surface area contributed by atoms with Crippen LogP contribution in [0.1, 0.15) is 30.1 Å². The van der Waals surface area contributed by atoms with Gasteiger partial charge in [0.05, 0.1) is 18.7 Å². The first-order chi connectivity index (χ1) is 12.9. The third-order valence-corrected chi connectivity index (χ3v) is 4.55. The van der Waals surface area contributed by atoms with Crippen LogP contribution in [0.4, 0.5) is 19.3 Å². The van der Waals surface area contributed by atoms with E-state index in [2.05, 4.69) is 10.6 Å². The van der Waals surface area contributed by atoms with Gasteiger partial charge in [0.1, 0.15) is 18.2 Å². The van der Waals surface area contributed by atoms with E-state index in [-0.39, 0.29) is 18.2 Å². The predicted molar refractivity (Wildman–Crippen MR) is 94.9 cm³/mol. The van der Waals surface area contributed by atoms with Crippen LogP contribution in [-0.4, -0.2) is 35.1 Å². The van der Waals surface area contributed by atoms with Gasteiger partial charge in [-0.05, 0) is 24.6 Å². The van der Waals surface area contributed by atoms with Crippen molar-refractivity contribution in [2.45, 2.75) is 19.0 Å². The lowest BCUT2D eigenvalue weighted by molar-refractivity contribution is -0.123. The number of carbonyl (C=O) groups excluding carboxylic acids is 2. The molecule has 2 aromatic carbocycles. The largest absolute Gasteiger partial charge is 0.394 e. The summed E-state index contributed by atoms with van der Waals surface area (Å²) in [7, 11) is 0. The molecule has 3 amide bonds. The minimum Gasteiger partial charge on any atom is -0.394 e. The summed E-state index contributed by atoms with van der Waals surface area (Å²) in [5.74, 6) is -2.19. The average Bonchev–Trinajstić information content (AvgIpc) is 2.63. The second-order valence-electron chi connectivity index (χ2n) is 6.29. The zero-order valence-electron chi connectivity index (χ0n) is 14.6. The number of halogens is 2. The number of benzene rings is 2. The van der Waals surface area contributed by atoms with Crippen molar-refractivity contribution < 1.29 is 23.5 Å². The fourth-order valence-corrected chi connectivity index (χ4v) is 3.12. The summed E-state index contributed by atoms with van der Waals surface area (Å²) in [6.45, 7) is 0.952. The minimum absolute atomic E-state index is 0.0336. The molecule has 0 radical (unpaired) electrons. The van der Waals surface area contributed by atoms with Gasteiger partial charge < -0.3 is 20.6 Å². The van der Waals surface area contributed by atoms with E-state index in [0.29, 0.717) is 11.8 Å². The molecule has 3 N–H and O–H groups in total. The van der Waals surface area contributed by atoms with Crippen LogP contribution in [0.3, 0.4) is 0 Å². The number of rotatable bonds is 5. The number of urea groups is 1. The molecule has 0 saturated carbocycles. The smallest absolute Gasteiger partial charge is 0.322 e. The molecule has 2 atom stereocenters. The van der Waals surface area contributed by atoms with E-state index in [4.69, 9.17) is 0 Å². The van der Waals surface area contributed by atoms with Gasteiger partial charge in [0, 0.05) is 17.3 Å². The minimum atomic E-state index is -1.05. The van der Waals surface area contributed by atoms with Crippen molar-refractivity contribution >= 4 is 17.6 Å². The van der Waals surface area contributed by atoms with Crippen molar-refractivity contribution in [2.75, 3.05) is 18.5 Å². The molecule has 142 valence electrons. The molecule has 0 aromatic heterocycles. The average molecular weight is 375 g/mol. The summed E-state index contributed by atoms with van der Waals surface area (Å²) in [5, 5.41) is 14.7. The number of hydrogen-bond donors (Lipinski definition) is 3. The van der Waals surface area contributed by atoms with Gasteiger partial charge in [0.25, 0.3) is 0 Å². The van der Waals surface area contributed by atoms with Crippen molar-refractivity contribution in [3.8, 4) is 0 Å². The Bertz CT molecular complexity index is 875. The fraction of sp³-hybridized carbons (Fsp3) is 0.263. The molecule has 1 unspecified atom stereocenters. The summed E-state index contributed by atoms with van der Waals surface area (Å²) < 4.78 is 27.0. The molecular formula is C19H19F2N3O3. The molecule has 6 nitrogen and oxygen atoms in total. The number of fused-ring (bicyclic) bond motifs is 1. The molecule has 1 heterocycles. The van der Waals surface area contributed by atoms with Crippen molar-refractivity contribution in [1.82, 2.24) is 10.2 Å². The Morgan fingerprint density at radius 2 is 2.04 bits per heavy atom. The van der Waals surface area contributed by atoms with E-state index in [1.165, 1.54) is 4.90 Å². The molecule has 8 heteroatoms. The van der Waals surface area contributed by atoms with Crippen LogP contribution >= 0.6 is 0 Å². The lowest BCUT2D eigenvalue weighted by Crippen LogP contribution is -2.47. The van der Waals surface area contributed by atoms with Crippen LogP contribution in [0, 0.1) is 11.6 Å². The molecule has 0 fully saturated rings. The van der Waals surface area contributed by atoms with Crippen molar-refractivity contribution in [2.24, 2.45) is 0 Å². The van der Waals surface area contributed by atoms with E-state index in [9.17, 15) is 23.5 Å². The van der Waals surface area contributed by atoms with Gasteiger partial charge in [-0.3, -0.25) is 4.79 Å². The zero-order chi connectivity index (χ0) is 19.6.